The Bertz CT molecular complexity index is 2590. The van der Waals surface area contributed by atoms with Crippen LogP contribution in [0, 0.1) is 0 Å². The van der Waals surface area contributed by atoms with Crippen LogP contribution in [-0.4, -0.2) is 271 Å². The van der Waals surface area contributed by atoms with E-state index in [0.717, 1.165) is 6.42 Å². The molecule has 0 aliphatic carbocycles. The quantitative estimate of drug-likeness (QED) is 0.0104. The first-order valence-corrected chi connectivity index (χ1v) is 39.9. The van der Waals surface area contributed by atoms with E-state index in [9.17, 15) is 48.5 Å². The summed E-state index contributed by atoms with van der Waals surface area (Å²) in [6.45, 7) is 13.3. The van der Waals surface area contributed by atoms with E-state index < -0.39 is 201 Å². The van der Waals surface area contributed by atoms with Crippen molar-refractivity contribution in [2.45, 2.75) is 304 Å². The van der Waals surface area contributed by atoms with Gasteiger partial charge in [-0.1, -0.05) is 100 Å². The van der Waals surface area contributed by atoms with Gasteiger partial charge in [-0.2, -0.15) is 0 Å². The molecule has 2 bridgehead atoms. The predicted molar refractivity (Wildman–Crippen MR) is 354 cm³/mol. The maximum Gasteiger partial charge on any atom is 1.00 e. The fourth-order valence-electron chi connectivity index (χ4n) is 13.0. The van der Waals surface area contributed by atoms with Gasteiger partial charge in [0.25, 0.3) is 0 Å². The second-order valence-corrected chi connectivity index (χ2v) is 28.3. The van der Waals surface area contributed by atoms with Crippen molar-refractivity contribution in [2.24, 2.45) is 0 Å². The molecule has 40 nitrogen and oxygen atoms in total. The van der Waals surface area contributed by atoms with Crippen LogP contribution in [0.5, 0.6) is 0 Å². The second kappa shape index (κ2) is 65.2. The molecular weight excluding hydrogens is 1670 g/mol. The van der Waals surface area contributed by atoms with Gasteiger partial charge in [-0.05, 0) is 51.4 Å². The van der Waals surface area contributed by atoms with Crippen molar-refractivity contribution >= 4 is 59.3 Å². The molecule has 0 aromatic rings. The molecule has 634 valence electrons. The van der Waals surface area contributed by atoms with E-state index in [1.165, 1.54) is 28.3 Å². The third-order valence-corrected chi connectivity index (χ3v) is 20.3. The molecule has 7 rings (SSSR count). The van der Waals surface area contributed by atoms with Gasteiger partial charge >= 0.3 is 177 Å². The van der Waals surface area contributed by atoms with Crippen LogP contribution in [0.3, 0.4) is 0 Å². The van der Waals surface area contributed by atoms with Crippen LogP contribution in [0.15, 0.2) is 0 Å². The van der Waals surface area contributed by atoms with Gasteiger partial charge < -0.3 is 135 Å². The number of aliphatic carboxylic acids is 2. The van der Waals surface area contributed by atoms with Crippen LogP contribution in [-0.2, 0) is 160 Å². The average molecular weight is 1780 g/mol. The first kappa shape index (κ1) is 119. The average Bonchev–Trinajstić information content (AvgIpc) is 0.722. The van der Waals surface area contributed by atoms with E-state index in [2.05, 4.69) is 28.1 Å². The summed E-state index contributed by atoms with van der Waals surface area (Å²) in [5, 5.41) is 73.5. The van der Waals surface area contributed by atoms with Gasteiger partial charge in [-0.25, -0.2) is 8.42 Å². The maximum atomic E-state index is 14.4. The smallest absolute Gasteiger partial charge is 0.726 e. The number of carboxylic acids is 2. The molecule has 50 heteroatoms. The largest absolute Gasteiger partial charge is 1.00 e. The summed E-state index contributed by atoms with van der Waals surface area (Å²) in [6, 6.07) is 0. The molecule has 0 radical (unpaired) electrons. The molecule has 7 heterocycles. The topological polar surface area (TPSA) is 484 Å². The summed E-state index contributed by atoms with van der Waals surface area (Å²) < 4.78 is 202. The second-order valence-electron chi connectivity index (χ2n) is 25.8. The standard InChI is InChI=1S/C64H114O40S4.6Na/c1-12-20-27-78-34-38-42(45(82-31-24-16-5)52(56(77-11)87-38)97-106-103-100-70)90-60-51-48(76-10)55(64(95-60,37-85-51)62(67)68)93-58-53(98-107-104-101-71)46(96-105-102-99-69)43(39(88-58)35-79-28-21-13-2)91-59-50(84-33-26-18-7)47(75-9)54(63(19-8,94-59)61(65)66)92-57-49(83-32-25-17-6)44(81-30-23-15-4)41(80-29-22-14-3)40(89-57)36-86-108(72,73)74;;;;;;/h38-60,69-71H,12-37H2,1-11H3,(H,65,66)(H,67,68)(H,72,73,74);;;;;;/q;6*+1/p-6/t38?,39?,40?,41-,42-,43-,44-,45-,46-,47+,48+,49?,50?,51?,52?,53?,54+,55+,56+,57-,58-,59+,60-,63?,64?;;;;;;/m0....../s1. The number of hydrogen-bond donors (Lipinski definition) is 0. The number of carbonyl (C=O) groups is 2. The molecule has 0 amide bonds. The minimum absolute atomic E-state index is 0. The Morgan fingerprint density at radius 2 is 0.798 bits per heavy atom. The first-order chi connectivity index (χ1) is 52.3. The number of rotatable bonds is 59. The van der Waals surface area contributed by atoms with E-state index in [1.54, 1.807) is 0 Å². The fourth-order valence-corrected chi connectivity index (χ4v) is 14.3. The minimum atomic E-state index is -5.36. The molecule has 7 aliphatic rings. The van der Waals surface area contributed by atoms with E-state index in [4.69, 9.17) is 111 Å². The summed E-state index contributed by atoms with van der Waals surface area (Å²) in [7, 11) is -1.60. The van der Waals surface area contributed by atoms with Crippen LogP contribution in [0.2, 0.25) is 0 Å². The molecule has 0 aromatic carbocycles. The summed E-state index contributed by atoms with van der Waals surface area (Å²) in [4.78, 5) is 28.6. The molecule has 7 saturated heterocycles. The third kappa shape index (κ3) is 34.8. The molecule has 0 N–H and O–H groups in total. The maximum absolute atomic E-state index is 14.4. The molecule has 7 aliphatic heterocycles. The summed E-state index contributed by atoms with van der Waals surface area (Å²) in [6.07, 6.45) is -27.9. The van der Waals surface area contributed by atoms with Gasteiger partial charge in [-0.15, -0.1) is 13.0 Å². The molecule has 114 heavy (non-hydrogen) atoms. The molecule has 7 fully saturated rings. The van der Waals surface area contributed by atoms with Crippen LogP contribution in [0.25, 0.3) is 0 Å². The van der Waals surface area contributed by atoms with Crippen LogP contribution in [0.4, 0.5) is 0 Å². The van der Waals surface area contributed by atoms with Gasteiger partial charge in [0, 0.05) is 67.6 Å². The molecule has 0 aromatic heterocycles. The fraction of sp³-hybridized carbons (Fsp3) is 0.969. The molecule has 25 atom stereocenters. The van der Waals surface area contributed by atoms with E-state index in [1.807, 2.05) is 48.5 Å². The van der Waals surface area contributed by atoms with Gasteiger partial charge in [0.15, 0.2) is 86.2 Å². The Morgan fingerprint density at radius 1 is 0.412 bits per heavy atom. The van der Waals surface area contributed by atoms with Crippen molar-refractivity contribution < 1.29 is 365 Å². The number of carboxylic acid groups (broad SMARTS) is 2. The molecule has 0 spiro atoms. The number of ether oxygens (including phenoxy) is 20. The Hall–Kier alpha value is 4.58. The number of methoxy groups -OCH3 is 3. The summed E-state index contributed by atoms with van der Waals surface area (Å²) >= 11 is -0.0653. The molecular formula is C64H108Na6O40S4. The molecule has 0 saturated carbocycles. The predicted octanol–water partition coefficient (Wildman–Crippen LogP) is -17.5. The third-order valence-electron chi connectivity index (χ3n) is 18.6. The Labute approximate surface area is 813 Å². The van der Waals surface area contributed by atoms with Crippen molar-refractivity contribution in [1.29, 1.82) is 0 Å². The zero-order chi connectivity index (χ0) is 78.7. The van der Waals surface area contributed by atoms with Crippen LogP contribution >= 0.6 is 37.0 Å². The Balaban J connectivity index is 0.0000213. The number of fused-ring (bicyclic) bond motifs is 3. The molecule has 10 unspecified atom stereocenters. The van der Waals surface area contributed by atoms with Crippen molar-refractivity contribution in [1.82, 2.24) is 0 Å². The van der Waals surface area contributed by atoms with Gasteiger partial charge in [0.05, 0.1) is 38.4 Å². The summed E-state index contributed by atoms with van der Waals surface area (Å²) in [5.41, 5.74) is -5.43. The minimum Gasteiger partial charge on any atom is -0.726 e. The van der Waals surface area contributed by atoms with Gasteiger partial charge in [0.1, 0.15) is 103 Å². The van der Waals surface area contributed by atoms with Crippen molar-refractivity contribution in [2.75, 3.05) is 94.0 Å². The van der Waals surface area contributed by atoms with E-state index in [-0.39, 0.29) is 261 Å². The SMILES string of the molecule is CCCCOCC1O[C@@H](OC)C(OSOO[O-])[C@@H](OCCCC)[C@H]1O[C@H]1OC2(C(=O)[O-])COC1[C@@H](OC)[C@H]2O[C@@H]1OC(COCCCC)[C@H](O[C@@H]2OC(CC)(C(=O)[O-])[C@H](O[C@@H]3OC(COS(=O)(=O)[O-])[C@H](OCCCC)[C@H](OCCCC)C3OCCCC)[C@H](OC)C2OCCCC)[C@H](OSOO[O-])C1OSOO[O-].[Na+].[Na+].[Na+].[Na+].[Na+].[Na+]. The zero-order valence-corrected chi connectivity index (χ0v) is 83.9. The van der Waals surface area contributed by atoms with Crippen molar-refractivity contribution in [3.8, 4) is 0 Å². The normalized spacial score (nSPS) is 33.3. The zero-order valence-electron chi connectivity index (χ0n) is 68.6. The van der Waals surface area contributed by atoms with E-state index in [0.29, 0.717) is 90.1 Å². The number of carbonyl (C=O) groups excluding carboxylic acids is 2. The summed E-state index contributed by atoms with van der Waals surface area (Å²) in [5.74, 6) is -3.84. The van der Waals surface area contributed by atoms with Crippen molar-refractivity contribution in [3.05, 3.63) is 0 Å². The first-order valence-electron chi connectivity index (χ1n) is 36.6. The van der Waals surface area contributed by atoms with Gasteiger partial charge in [-0.3, -0.25) is 31.8 Å². The van der Waals surface area contributed by atoms with Crippen molar-refractivity contribution in [3.63, 3.8) is 0 Å². The van der Waals surface area contributed by atoms with Gasteiger partial charge in [0.2, 0.25) is 10.4 Å². The van der Waals surface area contributed by atoms with Crippen LogP contribution in [0.1, 0.15) is 152 Å². The number of hydrogen-bond acceptors (Lipinski definition) is 43. The Kier molecular flexibility index (Phi) is 67.8. The monoisotopic (exact) mass is 1780 g/mol. The van der Waals surface area contributed by atoms with Crippen LogP contribution < -0.4 is 203 Å². The number of unbranched alkanes of at least 4 members (excludes halogenated alkanes) is 7. The Morgan fingerprint density at radius 3 is 1.23 bits per heavy atom. The van der Waals surface area contributed by atoms with E-state index >= 15 is 0 Å².